The summed E-state index contributed by atoms with van der Waals surface area (Å²) < 4.78 is 12.5. The minimum atomic E-state index is -0.255. The lowest BCUT2D eigenvalue weighted by molar-refractivity contribution is -0.119. The first-order valence-electron chi connectivity index (χ1n) is 8.10. The number of rotatable bonds is 7. The Hall–Kier alpha value is -2.06. The van der Waals surface area contributed by atoms with Crippen molar-refractivity contribution < 1.29 is 14.3 Å². The van der Waals surface area contributed by atoms with Gasteiger partial charge in [-0.15, -0.1) is 0 Å². The molecule has 2 aromatic rings. The van der Waals surface area contributed by atoms with Crippen molar-refractivity contribution in [2.24, 2.45) is 5.10 Å². The van der Waals surface area contributed by atoms with Crippen molar-refractivity contribution in [3.8, 4) is 11.5 Å². The Morgan fingerprint density at radius 2 is 1.78 bits per heavy atom. The van der Waals surface area contributed by atoms with Gasteiger partial charge < -0.3 is 14.8 Å². The molecule has 8 heteroatoms. The van der Waals surface area contributed by atoms with Gasteiger partial charge in [0.15, 0.2) is 0 Å². The maximum absolute atomic E-state index is 12.1. The van der Waals surface area contributed by atoms with Crippen molar-refractivity contribution in [2.75, 3.05) is 26.1 Å². The van der Waals surface area contributed by atoms with Gasteiger partial charge in [0.1, 0.15) is 11.5 Å². The molecule has 0 spiro atoms. The van der Waals surface area contributed by atoms with Crippen LogP contribution in [0, 0.1) is 6.92 Å². The first-order valence-corrected chi connectivity index (χ1v) is 9.69. The smallest absolute Gasteiger partial charge is 0.259 e. The molecule has 0 aliphatic rings. The van der Waals surface area contributed by atoms with Crippen LogP contribution in [0.1, 0.15) is 18.1 Å². The Morgan fingerprint density at radius 1 is 1.11 bits per heavy atom. The zero-order valence-electron chi connectivity index (χ0n) is 15.5. The van der Waals surface area contributed by atoms with E-state index in [4.69, 9.17) is 9.47 Å². The third-order valence-electron chi connectivity index (χ3n) is 3.88. The summed E-state index contributed by atoms with van der Waals surface area (Å²) in [6, 6.07) is 9.26. The van der Waals surface area contributed by atoms with Gasteiger partial charge in [-0.2, -0.15) is 5.10 Å². The van der Waals surface area contributed by atoms with Crippen molar-refractivity contribution >= 4 is 49.2 Å². The predicted molar refractivity (Wildman–Crippen MR) is 115 cm³/mol. The number of hydrazone groups is 1. The molecular formula is C19H21Br2N3O3. The molecule has 0 saturated heterocycles. The van der Waals surface area contributed by atoms with Gasteiger partial charge in [0, 0.05) is 26.3 Å². The van der Waals surface area contributed by atoms with Crippen LogP contribution in [0.25, 0.3) is 0 Å². The van der Waals surface area contributed by atoms with Gasteiger partial charge in [0.05, 0.1) is 26.5 Å². The molecule has 0 fully saturated rings. The van der Waals surface area contributed by atoms with Crippen molar-refractivity contribution in [1.82, 2.24) is 5.43 Å². The molecule has 0 aliphatic heterocycles. The van der Waals surface area contributed by atoms with E-state index < -0.39 is 0 Å². The van der Waals surface area contributed by atoms with Crippen LogP contribution < -0.4 is 20.2 Å². The average molecular weight is 499 g/mol. The van der Waals surface area contributed by atoms with Gasteiger partial charge in [0.2, 0.25) is 0 Å². The highest BCUT2D eigenvalue weighted by Gasteiger charge is 2.09. The Morgan fingerprint density at radius 3 is 2.37 bits per heavy atom. The van der Waals surface area contributed by atoms with Gasteiger partial charge in [0.25, 0.3) is 5.91 Å². The number of hydrogen-bond donors (Lipinski definition) is 2. The van der Waals surface area contributed by atoms with Crippen molar-refractivity contribution in [3.05, 3.63) is 50.4 Å². The number of carbonyl (C=O) groups is 1. The Balaban J connectivity index is 2.00. The second kappa shape index (κ2) is 9.75. The lowest BCUT2D eigenvalue weighted by Crippen LogP contribution is -2.26. The maximum atomic E-state index is 12.1. The summed E-state index contributed by atoms with van der Waals surface area (Å²) in [5.41, 5.74) is 5.87. The Labute approximate surface area is 175 Å². The molecule has 0 radical (unpaired) electrons. The van der Waals surface area contributed by atoms with Gasteiger partial charge in [-0.25, -0.2) is 5.43 Å². The second-order valence-corrected chi connectivity index (χ2v) is 7.43. The third kappa shape index (κ3) is 5.71. The van der Waals surface area contributed by atoms with E-state index in [2.05, 4.69) is 47.7 Å². The average Bonchev–Trinajstić information content (AvgIpc) is 2.67. The third-order valence-corrected chi connectivity index (χ3v) is 5.53. The van der Waals surface area contributed by atoms with Crippen LogP contribution in [0.4, 0.5) is 5.69 Å². The molecule has 1 amide bonds. The summed E-state index contributed by atoms with van der Waals surface area (Å²) in [4.78, 5) is 12.1. The molecule has 0 unspecified atom stereocenters. The summed E-state index contributed by atoms with van der Waals surface area (Å²) >= 11 is 6.98. The van der Waals surface area contributed by atoms with E-state index in [1.165, 1.54) is 0 Å². The maximum Gasteiger partial charge on any atom is 0.259 e. The highest BCUT2D eigenvalue weighted by atomic mass is 79.9. The highest BCUT2D eigenvalue weighted by Crippen LogP contribution is 2.28. The van der Waals surface area contributed by atoms with Crippen LogP contribution >= 0.6 is 31.9 Å². The molecule has 0 saturated carbocycles. The van der Waals surface area contributed by atoms with E-state index in [9.17, 15) is 4.79 Å². The summed E-state index contributed by atoms with van der Waals surface area (Å²) in [5.74, 6) is 1.05. The largest absolute Gasteiger partial charge is 0.497 e. The molecular weight excluding hydrogens is 478 g/mol. The van der Waals surface area contributed by atoms with Crippen molar-refractivity contribution in [2.45, 2.75) is 13.8 Å². The number of carbonyl (C=O) groups excluding carboxylic acids is 1. The quantitative estimate of drug-likeness (QED) is 0.435. The first-order chi connectivity index (χ1) is 12.8. The fourth-order valence-electron chi connectivity index (χ4n) is 2.27. The normalized spacial score (nSPS) is 11.1. The summed E-state index contributed by atoms with van der Waals surface area (Å²) in [7, 11) is 3.17. The van der Waals surface area contributed by atoms with Crippen LogP contribution in [-0.4, -0.2) is 32.4 Å². The molecule has 144 valence electrons. The molecule has 2 aromatic carbocycles. The summed E-state index contributed by atoms with van der Waals surface area (Å²) in [6.45, 7) is 3.89. The highest BCUT2D eigenvalue weighted by molar-refractivity contribution is 9.11. The van der Waals surface area contributed by atoms with E-state index in [0.29, 0.717) is 17.2 Å². The monoisotopic (exact) mass is 497 g/mol. The zero-order valence-corrected chi connectivity index (χ0v) is 18.7. The molecule has 0 atom stereocenters. The van der Waals surface area contributed by atoms with E-state index in [1.807, 2.05) is 31.2 Å². The first kappa shape index (κ1) is 21.2. The van der Waals surface area contributed by atoms with E-state index >= 15 is 0 Å². The number of benzene rings is 2. The van der Waals surface area contributed by atoms with Crippen molar-refractivity contribution in [1.29, 1.82) is 0 Å². The standard InChI is InChI=1S/C19H21Br2N3O3/c1-11-16(20)7-13(8-17(11)21)22-10-19(25)24-23-12(2)15-6-5-14(26-3)9-18(15)27-4/h5-9,22H,10H2,1-4H3,(H,24,25)/b23-12+. The van der Waals surface area contributed by atoms with Crippen LogP contribution in [0.15, 0.2) is 44.4 Å². The molecule has 0 heterocycles. The van der Waals surface area contributed by atoms with Crippen LogP contribution in [-0.2, 0) is 4.79 Å². The van der Waals surface area contributed by atoms with Gasteiger partial charge in [-0.05, 0) is 43.7 Å². The number of ether oxygens (including phenoxy) is 2. The van der Waals surface area contributed by atoms with Crippen molar-refractivity contribution in [3.63, 3.8) is 0 Å². The minimum absolute atomic E-state index is 0.0957. The van der Waals surface area contributed by atoms with E-state index in [1.54, 1.807) is 27.2 Å². The SMILES string of the molecule is COc1ccc(/C(C)=N/NC(=O)CNc2cc(Br)c(C)c(Br)c2)c(OC)c1. The second-order valence-electron chi connectivity index (χ2n) is 5.72. The van der Waals surface area contributed by atoms with E-state index in [-0.39, 0.29) is 12.5 Å². The van der Waals surface area contributed by atoms with Crippen LogP contribution in [0.5, 0.6) is 11.5 Å². The number of nitrogens with one attached hydrogen (secondary N) is 2. The topological polar surface area (TPSA) is 72.0 Å². The number of halogens is 2. The molecule has 2 rings (SSSR count). The fraction of sp³-hybridized carbons (Fsp3) is 0.263. The van der Waals surface area contributed by atoms with Crippen LogP contribution in [0.2, 0.25) is 0 Å². The minimum Gasteiger partial charge on any atom is -0.497 e. The molecule has 0 aliphatic carbocycles. The molecule has 0 bridgehead atoms. The van der Waals surface area contributed by atoms with Crippen LogP contribution in [0.3, 0.4) is 0 Å². The van der Waals surface area contributed by atoms with Gasteiger partial charge in [-0.1, -0.05) is 31.9 Å². The molecule has 6 nitrogen and oxygen atoms in total. The fourth-order valence-corrected chi connectivity index (χ4v) is 3.46. The predicted octanol–water partition coefficient (Wildman–Crippen LogP) is 4.49. The molecule has 2 N–H and O–H groups in total. The lowest BCUT2D eigenvalue weighted by Gasteiger charge is -2.11. The summed E-state index contributed by atoms with van der Waals surface area (Å²) in [5, 5.41) is 7.23. The summed E-state index contributed by atoms with van der Waals surface area (Å²) in [6.07, 6.45) is 0. The van der Waals surface area contributed by atoms with Gasteiger partial charge in [-0.3, -0.25) is 4.79 Å². The number of nitrogens with zero attached hydrogens (tertiary/aromatic N) is 1. The Kier molecular flexibility index (Phi) is 7.67. The lowest BCUT2D eigenvalue weighted by atomic mass is 10.1. The number of amides is 1. The number of hydrogen-bond acceptors (Lipinski definition) is 5. The zero-order chi connectivity index (χ0) is 20.0. The number of methoxy groups -OCH3 is 2. The molecule has 27 heavy (non-hydrogen) atoms. The number of anilines is 1. The van der Waals surface area contributed by atoms with E-state index in [0.717, 1.165) is 25.8 Å². The molecule has 0 aromatic heterocycles. The van der Waals surface area contributed by atoms with Gasteiger partial charge >= 0.3 is 0 Å². The Bertz CT molecular complexity index is 846.